The Morgan fingerprint density at radius 1 is 1.30 bits per heavy atom. The molecule has 0 atom stereocenters. The van der Waals surface area contributed by atoms with Gasteiger partial charge in [0, 0.05) is 16.3 Å². The van der Waals surface area contributed by atoms with Gasteiger partial charge < -0.3 is 15.1 Å². The van der Waals surface area contributed by atoms with Crippen LogP contribution < -0.4 is 5.73 Å². The van der Waals surface area contributed by atoms with Gasteiger partial charge in [-0.3, -0.25) is 4.79 Å². The maximum Gasteiger partial charge on any atom is 0.313 e. The first-order valence-electron chi connectivity index (χ1n) is 6.48. The Kier molecular flexibility index (Phi) is 2.95. The van der Waals surface area contributed by atoms with E-state index >= 15 is 0 Å². The second kappa shape index (κ2) is 4.99. The standard InChI is InChI=1S/C14H8FN5O2S/c15-7-1-2-8-6(3-7)4-9(17-8)11(21)13-18-10(5-23-13)12-19-20-14(16)22-12/h1-5,17H,(H2,16,20). The Bertz CT molecular complexity index is 1030. The lowest BCUT2D eigenvalue weighted by Crippen LogP contribution is -2.00. The van der Waals surface area contributed by atoms with Crippen LogP contribution in [-0.4, -0.2) is 25.9 Å². The average molecular weight is 329 g/mol. The first-order valence-corrected chi connectivity index (χ1v) is 7.36. The molecule has 3 aromatic heterocycles. The number of benzene rings is 1. The van der Waals surface area contributed by atoms with E-state index in [0.717, 1.165) is 11.3 Å². The number of hydrogen-bond donors (Lipinski definition) is 2. The monoisotopic (exact) mass is 329 g/mol. The lowest BCUT2D eigenvalue weighted by atomic mass is 10.2. The lowest BCUT2D eigenvalue weighted by molar-refractivity contribution is 0.103. The van der Waals surface area contributed by atoms with E-state index in [1.54, 1.807) is 17.5 Å². The van der Waals surface area contributed by atoms with Crippen molar-refractivity contribution in [2.45, 2.75) is 0 Å². The second-order valence-electron chi connectivity index (χ2n) is 4.73. The fraction of sp³-hybridized carbons (Fsp3) is 0. The number of aromatic amines is 1. The number of rotatable bonds is 3. The van der Waals surface area contributed by atoms with E-state index in [9.17, 15) is 9.18 Å². The number of hydrogen-bond acceptors (Lipinski definition) is 7. The van der Waals surface area contributed by atoms with Crippen LogP contribution in [0.5, 0.6) is 0 Å². The number of H-pyrrole nitrogens is 1. The van der Waals surface area contributed by atoms with Crippen LogP contribution in [0.4, 0.5) is 10.4 Å². The van der Waals surface area contributed by atoms with E-state index in [1.807, 2.05) is 0 Å². The number of nitrogens with two attached hydrogens (primary N) is 1. The molecule has 1 aromatic carbocycles. The Balaban J connectivity index is 1.69. The van der Waals surface area contributed by atoms with Gasteiger partial charge in [-0.05, 0) is 24.3 Å². The summed E-state index contributed by atoms with van der Waals surface area (Å²) in [4.78, 5) is 19.6. The van der Waals surface area contributed by atoms with Gasteiger partial charge in [0.05, 0.1) is 5.69 Å². The number of carbonyl (C=O) groups is 1. The molecule has 0 saturated carbocycles. The fourth-order valence-electron chi connectivity index (χ4n) is 2.16. The van der Waals surface area contributed by atoms with Crippen LogP contribution in [0.2, 0.25) is 0 Å². The molecule has 114 valence electrons. The van der Waals surface area contributed by atoms with Gasteiger partial charge >= 0.3 is 6.01 Å². The largest absolute Gasteiger partial charge is 0.402 e. The van der Waals surface area contributed by atoms with Crippen LogP contribution in [0.3, 0.4) is 0 Å². The van der Waals surface area contributed by atoms with Gasteiger partial charge in [0.25, 0.3) is 5.89 Å². The van der Waals surface area contributed by atoms with Gasteiger partial charge in [-0.25, -0.2) is 9.37 Å². The van der Waals surface area contributed by atoms with Crippen LogP contribution in [0.1, 0.15) is 15.5 Å². The normalized spacial score (nSPS) is 11.2. The van der Waals surface area contributed by atoms with Gasteiger partial charge in [0.15, 0.2) is 5.01 Å². The van der Waals surface area contributed by atoms with Crippen LogP contribution in [0.15, 0.2) is 34.1 Å². The van der Waals surface area contributed by atoms with Crippen molar-refractivity contribution in [3.63, 3.8) is 0 Å². The number of halogens is 1. The molecule has 9 heteroatoms. The summed E-state index contributed by atoms with van der Waals surface area (Å²) < 4.78 is 18.3. The topological polar surface area (TPSA) is 111 Å². The van der Waals surface area contributed by atoms with Crippen molar-refractivity contribution in [3.05, 3.63) is 46.2 Å². The molecule has 0 amide bonds. The predicted molar refractivity (Wildman–Crippen MR) is 81.5 cm³/mol. The number of aromatic nitrogens is 4. The average Bonchev–Trinajstić information content (AvgIpc) is 3.23. The Hall–Kier alpha value is -3.07. The van der Waals surface area contributed by atoms with E-state index in [1.165, 1.54) is 12.1 Å². The zero-order valence-electron chi connectivity index (χ0n) is 11.4. The van der Waals surface area contributed by atoms with Crippen molar-refractivity contribution in [1.82, 2.24) is 20.2 Å². The molecule has 3 heterocycles. The number of nitrogens with one attached hydrogen (secondary N) is 1. The first kappa shape index (κ1) is 13.6. The van der Waals surface area contributed by atoms with Gasteiger partial charge in [0.1, 0.15) is 11.5 Å². The van der Waals surface area contributed by atoms with E-state index < -0.39 is 0 Å². The summed E-state index contributed by atoms with van der Waals surface area (Å²) in [5.74, 6) is -0.511. The summed E-state index contributed by atoms with van der Waals surface area (Å²) in [6, 6.07) is 5.78. The molecule has 7 nitrogen and oxygen atoms in total. The molecule has 4 rings (SSSR count). The number of carbonyl (C=O) groups excluding carboxylic acids is 1. The number of anilines is 1. The van der Waals surface area contributed by atoms with Crippen LogP contribution in [-0.2, 0) is 0 Å². The highest BCUT2D eigenvalue weighted by molar-refractivity contribution is 7.12. The highest BCUT2D eigenvalue weighted by Crippen LogP contribution is 2.24. The van der Waals surface area contributed by atoms with Crippen molar-refractivity contribution in [2.75, 3.05) is 5.73 Å². The molecule has 0 radical (unpaired) electrons. The minimum Gasteiger partial charge on any atom is -0.402 e. The van der Waals surface area contributed by atoms with Crippen molar-refractivity contribution in [3.8, 4) is 11.6 Å². The lowest BCUT2D eigenvalue weighted by Gasteiger charge is -1.91. The zero-order chi connectivity index (χ0) is 16.0. The molecule has 4 aromatic rings. The smallest absolute Gasteiger partial charge is 0.313 e. The zero-order valence-corrected chi connectivity index (χ0v) is 12.2. The Labute approximate surface area is 132 Å². The SMILES string of the molecule is Nc1nnc(-c2csc(C(=O)c3cc4cc(F)ccc4[nH]3)n2)o1. The molecule has 0 spiro atoms. The van der Waals surface area contributed by atoms with E-state index in [2.05, 4.69) is 20.2 Å². The molecule has 0 saturated heterocycles. The minimum atomic E-state index is -0.360. The summed E-state index contributed by atoms with van der Waals surface area (Å²) in [6.07, 6.45) is 0. The molecule has 0 bridgehead atoms. The van der Waals surface area contributed by atoms with E-state index in [4.69, 9.17) is 10.2 Å². The third-order valence-electron chi connectivity index (χ3n) is 3.19. The van der Waals surface area contributed by atoms with Gasteiger partial charge in [-0.1, -0.05) is 5.10 Å². The number of ketones is 1. The predicted octanol–water partition coefficient (Wildman–Crippen LogP) is 2.63. The van der Waals surface area contributed by atoms with Crippen LogP contribution in [0, 0.1) is 5.82 Å². The molecular weight excluding hydrogens is 321 g/mol. The van der Waals surface area contributed by atoms with Crippen molar-refractivity contribution in [1.29, 1.82) is 0 Å². The molecule has 3 N–H and O–H groups in total. The number of nitrogen functional groups attached to an aromatic ring is 1. The maximum atomic E-state index is 13.2. The number of fused-ring (bicyclic) bond motifs is 1. The summed E-state index contributed by atoms with van der Waals surface area (Å²) in [5.41, 5.74) is 6.75. The molecule has 0 aliphatic carbocycles. The summed E-state index contributed by atoms with van der Waals surface area (Å²) in [7, 11) is 0. The van der Waals surface area contributed by atoms with Crippen LogP contribution in [0.25, 0.3) is 22.5 Å². The van der Waals surface area contributed by atoms with Gasteiger partial charge in [0.2, 0.25) is 5.78 Å². The van der Waals surface area contributed by atoms with Crippen molar-refractivity contribution < 1.29 is 13.6 Å². The third kappa shape index (κ3) is 2.36. The third-order valence-corrected chi connectivity index (χ3v) is 4.03. The van der Waals surface area contributed by atoms with E-state index in [0.29, 0.717) is 22.3 Å². The quantitative estimate of drug-likeness (QED) is 0.559. The molecular formula is C14H8FN5O2S. The highest BCUT2D eigenvalue weighted by atomic mass is 32.1. The molecule has 0 aliphatic heterocycles. The van der Waals surface area contributed by atoms with Gasteiger partial charge in [-0.2, -0.15) is 0 Å². The number of thiazole rings is 1. The summed E-state index contributed by atoms with van der Waals surface area (Å²) in [6.45, 7) is 0. The van der Waals surface area contributed by atoms with Crippen LogP contribution >= 0.6 is 11.3 Å². The van der Waals surface area contributed by atoms with E-state index in [-0.39, 0.29) is 28.5 Å². The second-order valence-corrected chi connectivity index (χ2v) is 5.59. The maximum absolute atomic E-state index is 13.2. The minimum absolute atomic E-state index is 0.0708. The molecule has 23 heavy (non-hydrogen) atoms. The molecule has 0 aliphatic rings. The fourth-order valence-corrected chi connectivity index (χ4v) is 2.90. The van der Waals surface area contributed by atoms with Gasteiger partial charge in [-0.15, -0.1) is 16.4 Å². The first-order chi connectivity index (χ1) is 11.1. The molecule has 0 fully saturated rings. The summed E-state index contributed by atoms with van der Waals surface area (Å²) in [5, 5.41) is 9.76. The van der Waals surface area contributed by atoms with Crippen molar-refractivity contribution in [2.24, 2.45) is 0 Å². The highest BCUT2D eigenvalue weighted by Gasteiger charge is 2.18. The molecule has 0 unspecified atom stereocenters. The Morgan fingerprint density at radius 2 is 2.17 bits per heavy atom. The number of nitrogens with zero attached hydrogens (tertiary/aromatic N) is 3. The van der Waals surface area contributed by atoms with Crippen molar-refractivity contribution >= 4 is 34.0 Å². The summed E-state index contributed by atoms with van der Waals surface area (Å²) >= 11 is 1.15. The Morgan fingerprint density at radius 3 is 2.96 bits per heavy atom.